The molecule has 0 bridgehead atoms. The van der Waals surface area contributed by atoms with Crippen molar-refractivity contribution >= 4 is 11.5 Å². The van der Waals surface area contributed by atoms with Crippen LogP contribution in [0.5, 0.6) is 5.88 Å². The Morgan fingerprint density at radius 2 is 2.20 bits per heavy atom. The summed E-state index contributed by atoms with van der Waals surface area (Å²) in [5.74, 6) is 1.88. The Hall–Kier alpha value is -1.49. The second-order valence-electron chi connectivity index (χ2n) is 5.91. The molecule has 1 aliphatic rings. The summed E-state index contributed by atoms with van der Waals surface area (Å²) in [6.07, 6.45) is 0.214. The van der Waals surface area contributed by atoms with Crippen molar-refractivity contribution in [3.63, 3.8) is 0 Å². The lowest BCUT2D eigenvalue weighted by Crippen LogP contribution is -2.47. The quantitative estimate of drug-likeness (QED) is 0.916. The largest absolute Gasteiger partial charge is 0.476 e. The van der Waals surface area contributed by atoms with Gasteiger partial charge in [0.25, 0.3) is 0 Å². The van der Waals surface area contributed by atoms with Gasteiger partial charge in [-0.15, -0.1) is 0 Å². The first-order chi connectivity index (χ1) is 9.47. The lowest BCUT2D eigenvalue weighted by Gasteiger charge is -2.37. The van der Waals surface area contributed by atoms with Crippen molar-refractivity contribution in [2.75, 3.05) is 30.4 Å². The smallest absolute Gasteiger partial charge is 0.239 e. The minimum Gasteiger partial charge on any atom is -0.476 e. The maximum atomic E-state index is 5.94. The summed E-state index contributed by atoms with van der Waals surface area (Å²) in [4.78, 5) is 6.82. The number of nitrogens with two attached hydrogens (primary N) is 1. The van der Waals surface area contributed by atoms with Crippen LogP contribution in [0.15, 0.2) is 12.1 Å². The Kier molecular flexibility index (Phi) is 4.70. The second kappa shape index (κ2) is 6.31. The molecule has 1 saturated heterocycles. The third-order valence-electron chi connectivity index (χ3n) is 3.33. The molecule has 2 N–H and O–H groups in total. The van der Waals surface area contributed by atoms with Crippen molar-refractivity contribution in [1.82, 2.24) is 4.98 Å². The van der Waals surface area contributed by atoms with Crippen molar-refractivity contribution in [1.29, 1.82) is 0 Å². The third-order valence-corrected chi connectivity index (χ3v) is 3.33. The maximum Gasteiger partial charge on any atom is 0.239 e. The van der Waals surface area contributed by atoms with Crippen LogP contribution in [0.1, 0.15) is 27.7 Å². The van der Waals surface area contributed by atoms with Gasteiger partial charge in [0.05, 0.1) is 31.0 Å². The lowest BCUT2D eigenvalue weighted by molar-refractivity contribution is 0.0340. The number of ether oxygens (including phenoxy) is 2. The van der Waals surface area contributed by atoms with Crippen LogP contribution in [0.4, 0.5) is 11.5 Å². The van der Waals surface area contributed by atoms with Crippen molar-refractivity contribution in [2.45, 2.75) is 39.8 Å². The Balaban J connectivity index is 2.17. The van der Waals surface area contributed by atoms with Gasteiger partial charge in [0, 0.05) is 6.54 Å². The predicted molar refractivity (Wildman–Crippen MR) is 81.2 cm³/mol. The molecule has 1 aromatic rings. The highest BCUT2D eigenvalue weighted by atomic mass is 16.5. The number of nitrogen functional groups attached to an aromatic ring is 1. The van der Waals surface area contributed by atoms with Gasteiger partial charge in [0.2, 0.25) is 5.88 Å². The Morgan fingerprint density at radius 3 is 2.90 bits per heavy atom. The van der Waals surface area contributed by atoms with Crippen LogP contribution < -0.4 is 15.4 Å². The standard InChI is InChI=1S/C15H25N3O2/c1-10(2)8-20-15-13(16)5-6-14(17-15)18-7-12(4)19-9-11(18)3/h5-6,10-12H,7-9,16H2,1-4H3. The summed E-state index contributed by atoms with van der Waals surface area (Å²) >= 11 is 0. The highest BCUT2D eigenvalue weighted by molar-refractivity contribution is 5.55. The molecule has 2 atom stereocenters. The fourth-order valence-electron chi connectivity index (χ4n) is 2.19. The fraction of sp³-hybridized carbons (Fsp3) is 0.667. The van der Waals surface area contributed by atoms with E-state index < -0.39 is 0 Å². The van der Waals surface area contributed by atoms with Gasteiger partial charge in [-0.1, -0.05) is 13.8 Å². The summed E-state index contributed by atoms with van der Waals surface area (Å²) < 4.78 is 11.3. The molecule has 5 heteroatoms. The molecule has 20 heavy (non-hydrogen) atoms. The average molecular weight is 279 g/mol. The summed E-state index contributed by atoms with van der Waals surface area (Å²) in [7, 11) is 0. The van der Waals surface area contributed by atoms with Gasteiger partial charge in [0.1, 0.15) is 5.82 Å². The molecule has 0 radical (unpaired) electrons. The van der Waals surface area contributed by atoms with E-state index in [-0.39, 0.29) is 6.10 Å². The Labute approximate surface area is 121 Å². The first-order valence-corrected chi connectivity index (χ1v) is 7.25. The first-order valence-electron chi connectivity index (χ1n) is 7.25. The number of rotatable bonds is 4. The molecule has 0 spiro atoms. The van der Waals surface area contributed by atoms with Crippen LogP contribution in [-0.4, -0.2) is 36.9 Å². The maximum absolute atomic E-state index is 5.94. The van der Waals surface area contributed by atoms with E-state index in [1.807, 2.05) is 12.1 Å². The number of nitrogens with zero attached hydrogens (tertiary/aromatic N) is 2. The van der Waals surface area contributed by atoms with Crippen molar-refractivity contribution in [2.24, 2.45) is 5.92 Å². The van der Waals surface area contributed by atoms with Crippen LogP contribution in [0.2, 0.25) is 0 Å². The zero-order chi connectivity index (χ0) is 14.7. The van der Waals surface area contributed by atoms with Gasteiger partial charge >= 0.3 is 0 Å². The van der Waals surface area contributed by atoms with Gasteiger partial charge in [-0.3, -0.25) is 0 Å². The molecule has 1 aliphatic heterocycles. The summed E-state index contributed by atoms with van der Waals surface area (Å²) in [6.45, 7) is 10.6. The molecule has 2 heterocycles. The molecule has 2 rings (SSSR count). The minimum atomic E-state index is 0.214. The number of pyridine rings is 1. The number of anilines is 2. The zero-order valence-electron chi connectivity index (χ0n) is 12.8. The van der Waals surface area contributed by atoms with Gasteiger partial charge < -0.3 is 20.1 Å². The molecule has 0 saturated carbocycles. The van der Waals surface area contributed by atoms with Gasteiger partial charge in [-0.05, 0) is 31.9 Å². The van der Waals surface area contributed by atoms with Crippen molar-refractivity contribution < 1.29 is 9.47 Å². The molecule has 112 valence electrons. The summed E-state index contributed by atoms with van der Waals surface area (Å²) in [5.41, 5.74) is 6.52. The van der Waals surface area contributed by atoms with E-state index in [2.05, 4.69) is 37.6 Å². The lowest BCUT2D eigenvalue weighted by atomic mass is 10.2. The van der Waals surface area contributed by atoms with E-state index in [0.717, 1.165) is 19.0 Å². The Bertz CT molecular complexity index is 451. The van der Waals surface area contributed by atoms with E-state index in [0.29, 0.717) is 30.1 Å². The molecule has 5 nitrogen and oxygen atoms in total. The molecule has 0 aliphatic carbocycles. The van der Waals surface area contributed by atoms with E-state index in [1.54, 1.807) is 0 Å². The van der Waals surface area contributed by atoms with Gasteiger partial charge in [-0.25, -0.2) is 0 Å². The predicted octanol–water partition coefficient (Wildman–Crippen LogP) is 2.31. The molecule has 0 aromatic carbocycles. The summed E-state index contributed by atoms with van der Waals surface area (Å²) in [5, 5.41) is 0. The normalized spacial score (nSPS) is 23.1. The number of morpholine rings is 1. The molecular formula is C15H25N3O2. The van der Waals surface area contributed by atoms with Crippen molar-refractivity contribution in [3.8, 4) is 5.88 Å². The molecule has 1 aromatic heterocycles. The van der Waals surface area contributed by atoms with Crippen LogP contribution in [0, 0.1) is 5.92 Å². The van der Waals surface area contributed by atoms with Crippen LogP contribution >= 0.6 is 0 Å². The van der Waals surface area contributed by atoms with Crippen LogP contribution in [0.25, 0.3) is 0 Å². The number of hydrogen-bond acceptors (Lipinski definition) is 5. The number of aromatic nitrogens is 1. The molecular weight excluding hydrogens is 254 g/mol. The second-order valence-corrected chi connectivity index (χ2v) is 5.91. The molecule has 2 unspecified atom stereocenters. The van der Waals surface area contributed by atoms with E-state index >= 15 is 0 Å². The average Bonchev–Trinajstić information content (AvgIpc) is 2.40. The Morgan fingerprint density at radius 1 is 1.45 bits per heavy atom. The van der Waals surface area contributed by atoms with Crippen LogP contribution in [0.3, 0.4) is 0 Å². The van der Waals surface area contributed by atoms with E-state index in [1.165, 1.54) is 0 Å². The highest BCUT2D eigenvalue weighted by Gasteiger charge is 2.25. The van der Waals surface area contributed by atoms with E-state index in [9.17, 15) is 0 Å². The van der Waals surface area contributed by atoms with Gasteiger partial charge in [-0.2, -0.15) is 4.98 Å². The molecule has 0 amide bonds. The molecule has 1 fully saturated rings. The summed E-state index contributed by atoms with van der Waals surface area (Å²) in [6, 6.07) is 4.12. The number of hydrogen-bond donors (Lipinski definition) is 1. The third kappa shape index (κ3) is 3.54. The minimum absolute atomic E-state index is 0.214. The first kappa shape index (κ1) is 14.9. The zero-order valence-corrected chi connectivity index (χ0v) is 12.8. The fourth-order valence-corrected chi connectivity index (χ4v) is 2.19. The van der Waals surface area contributed by atoms with E-state index in [4.69, 9.17) is 15.2 Å². The van der Waals surface area contributed by atoms with Crippen LogP contribution in [-0.2, 0) is 4.74 Å². The highest BCUT2D eigenvalue weighted by Crippen LogP contribution is 2.26. The monoisotopic (exact) mass is 279 g/mol. The SMILES string of the molecule is CC(C)COc1nc(N2CC(C)OCC2C)ccc1N. The van der Waals surface area contributed by atoms with Gasteiger partial charge in [0.15, 0.2) is 0 Å². The topological polar surface area (TPSA) is 60.6 Å². The van der Waals surface area contributed by atoms with Crippen molar-refractivity contribution in [3.05, 3.63) is 12.1 Å².